The number of halogens is 2. The molecule has 28 heavy (non-hydrogen) atoms. The molecule has 0 unspecified atom stereocenters. The second-order valence-electron chi connectivity index (χ2n) is 5.89. The largest absolute Gasteiger partial charge is 0.494 e. The Bertz CT molecular complexity index is 1010. The third-order valence-electron chi connectivity index (χ3n) is 4.01. The van der Waals surface area contributed by atoms with Crippen molar-refractivity contribution in [2.75, 3.05) is 6.61 Å². The van der Waals surface area contributed by atoms with E-state index < -0.39 is 5.91 Å². The zero-order chi connectivity index (χ0) is 20.1. The van der Waals surface area contributed by atoms with Crippen molar-refractivity contribution >= 4 is 35.3 Å². The Hall–Kier alpha value is -2.83. The fourth-order valence-corrected chi connectivity index (χ4v) is 3.06. The van der Waals surface area contributed by atoms with Gasteiger partial charge in [0.15, 0.2) is 0 Å². The Morgan fingerprint density at radius 1 is 1.25 bits per heavy atom. The van der Waals surface area contributed by atoms with Gasteiger partial charge in [-0.25, -0.2) is 5.43 Å². The third-order valence-corrected chi connectivity index (χ3v) is 4.57. The number of hydrazone groups is 1. The van der Waals surface area contributed by atoms with Crippen molar-refractivity contribution in [3.63, 3.8) is 0 Å². The minimum Gasteiger partial charge on any atom is -0.494 e. The van der Waals surface area contributed by atoms with Crippen LogP contribution in [0.5, 0.6) is 5.75 Å². The normalized spacial score (nSPS) is 11.0. The molecule has 2 aromatic carbocycles. The van der Waals surface area contributed by atoms with E-state index in [1.165, 1.54) is 6.21 Å². The lowest BCUT2D eigenvalue weighted by Crippen LogP contribution is -2.19. The van der Waals surface area contributed by atoms with Crippen LogP contribution in [0.3, 0.4) is 0 Å². The second kappa shape index (κ2) is 8.91. The average Bonchev–Trinajstić information content (AvgIpc) is 3.06. The predicted molar refractivity (Wildman–Crippen MR) is 111 cm³/mol. The van der Waals surface area contributed by atoms with Gasteiger partial charge in [0.05, 0.1) is 23.5 Å². The Morgan fingerprint density at radius 3 is 2.68 bits per heavy atom. The molecule has 8 heteroatoms. The summed E-state index contributed by atoms with van der Waals surface area (Å²) in [5, 5.41) is 11.9. The van der Waals surface area contributed by atoms with Crippen molar-refractivity contribution in [1.82, 2.24) is 15.6 Å². The maximum Gasteiger partial charge on any atom is 0.289 e. The number of rotatable bonds is 6. The van der Waals surface area contributed by atoms with E-state index in [1.807, 2.05) is 38.1 Å². The van der Waals surface area contributed by atoms with Crippen LogP contribution in [0.15, 0.2) is 47.6 Å². The topological polar surface area (TPSA) is 79.4 Å². The smallest absolute Gasteiger partial charge is 0.289 e. The maximum atomic E-state index is 12.4. The van der Waals surface area contributed by atoms with Crippen LogP contribution in [-0.2, 0) is 0 Å². The molecule has 1 amide bonds. The first kappa shape index (κ1) is 19.9. The molecule has 144 valence electrons. The van der Waals surface area contributed by atoms with E-state index in [4.69, 9.17) is 27.9 Å². The molecular formula is C20H18Cl2N4O2. The molecule has 0 fully saturated rings. The van der Waals surface area contributed by atoms with Gasteiger partial charge in [-0.15, -0.1) is 0 Å². The number of benzene rings is 2. The van der Waals surface area contributed by atoms with Crippen LogP contribution in [-0.4, -0.2) is 28.9 Å². The van der Waals surface area contributed by atoms with E-state index >= 15 is 0 Å². The van der Waals surface area contributed by atoms with Gasteiger partial charge in [0, 0.05) is 21.7 Å². The van der Waals surface area contributed by atoms with Crippen LogP contribution in [0.1, 0.15) is 28.5 Å². The zero-order valence-corrected chi connectivity index (χ0v) is 16.8. The average molecular weight is 417 g/mol. The molecule has 0 bridgehead atoms. The number of hydrogen-bond acceptors (Lipinski definition) is 4. The highest BCUT2D eigenvalue weighted by Gasteiger charge is 2.16. The molecule has 0 radical (unpaired) electrons. The molecule has 3 rings (SSSR count). The summed E-state index contributed by atoms with van der Waals surface area (Å²) in [6, 6.07) is 12.5. The number of carbonyl (C=O) groups excluding carboxylic acids is 1. The van der Waals surface area contributed by atoms with Gasteiger partial charge in [0.2, 0.25) is 0 Å². The van der Waals surface area contributed by atoms with Crippen molar-refractivity contribution in [2.45, 2.75) is 13.8 Å². The van der Waals surface area contributed by atoms with Crippen LogP contribution in [0.25, 0.3) is 11.3 Å². The van der Waals surface area contributed by atoms with E-state index in [2.05, 4.69) is 20.7 Å². The van der Waals surface area contributed by atoms with Gasteiger partial charge in [-0.2, -0.15) is 10.2 Å². The Balaban J connectivity index is 1.72. The van der Waals surface area contributed by atoms with Gasteiger partial charge in [-0.05, 0) is 50.2 Å². The summed E-state index contributed by atoms with van der Waals surface area (Å²) >= 11 is 11.9. The summed E-state index contributed by atoms with van der Waals surface area (Å²) < 4.78 is 5.44. The standard InChI is InChI=1S/C20H18Cl2N4O2/c1-3-28-16-8-5-13(6-9-16)18-12(2)19(25-24-18)20(27)26-23-11-14-4-7-15(21)10-17(14)22/h4-11H,3H2,1-2H3,(H,24,25)(H,26,27)/b23-11+. The SMILES string of the molecule is CCOc1ccc(-c2n[nH]c(C(=O)N/N=C/c3ccc(Cl)cc3Cl)c2C)cc1. The lowest BCUT2D eigenvalue weighted by molar-refractivity contribution is 0.0949. The number of H-pyrrole nitrogens is 1. The number of carbonyl (C=O) groups is 1. The molecule has 3 aromatic rings. The molecule has 6 nitrogen and oxygen atoms in total. The lowest BCUT2D eigenvalue weighted by atomic mass is 10.1. The fourth-order valence-electron chi connectivity index (χ4n) is 2.60. The molecule has 0 spiro atoms. The zero-order valence-electron chi connectivity index (χ0n) is 15.3. The van der Waals surface area contributed by atoms with Crippen LogP contribution < -0.4 is 10.2 Å². The maximum absolute atomic E-state index is 12.4. The molecule has 1 aromatic heterocycles. The molecule has 1 heterocycles. The van der Waals surface area contributed by atoms with E-state index in [-0.39, 0.29) is 0 Å². The number of hydrogen-bond donors (Lipinski definition) is 2. The van der Waals surface area contributed by atoms with Crippen LogP contribution >= 0.6 is 23.2 Å². The molecule has 0 aliphatic carbocycles. The molecule has 0 aliphatic rings. The van der Waals surface area contributed by atoms with Crippen LogP contribution in [0.2, 0.25) is 10.0 Å². The van der Waals surface area contributed by atoms with Crippen molar-refractivity contribution < 1.29 is 9.53 Å². The lowest BCUT2D eigenvalue weighted by Gasteiger charge is -2.04. The van der Waals surface area contributed by atoms with Crippen molar-refractivity contribution in [3.8, 4) is 17.0 Å². The summed E-state index contributed by atoms with van der Waals surface area (Å²) in [4.78, 5) is 12.4. The van der Waals surface area contributed by atoms with Crippen molar-refractivity contribution in [3.05, 3.63) is 69.3 Å². The summed E-state index contributed by atoms with van der Waals surface area (Å²) in [6.45, 7) is 4.36. The molecule has 0 aliphatic heterocycles. The molecule has 0 saturated carbocycles. The number of amides is 1. The number of aromatic nitrogens is 2. The van der Waals surface area contributed by atoms with Gasteiger partial charge in [-0.3, -0.25) is 9.89 Å². The van der Waals surface area contributed by atoms with Gasteiger partial charge >= 0.3 is 0 Å². The first-order valence-electron chi connectivity index (χ1n) is 8.56. The summed E-state index contributed by atoms with van der Waals surface area (Å²) in [5.74, 6) is 0.385. The summed E-state index contributed by atoms with van der Waals surface area (Å²) in [6.07, 6.45) is 1.45. The van der Waals surface area contributed by atoms with Crippen molar-refractivity contribution in [1.29, 1.82) is 0 Å². The van der Waals surface area contributed by atoms with E-state index in [9.17, 15) is 4.79 Å². The highest BCUT2D eigenvalue weighted by Crippen LogP contribution is 2.25. The third kappa shape index (κ3) is 4.52. The monoisotopic (exact) mass is 416 g/mol. The van der Waals surface area contributed by atoms with Gasteiger partial charge in [0.25, 0.3) is 5.91 Å². The molecule has 2 N–H and O–H groups in total. The van der Waals surface area contributed by atoms with Crippen LogP contribution in [0.4, 0.5) is 0 Å². The Kier molecular flexibility index (Phi) is 6.34. The van der Waals surface area contributed by atoms with Crippen molar-refractivity contribution in [2.24, 2.45) is 5.10 Å². The van der Waals surface area contributed by atoms with Gasteiger partial charge < -0.3 is 4.74 Å². The number of nitrogens with zero attached hydrogens (tertiary/aromatic N) is 2. The number of nitrogens with one attached hydrogen (secondary N) is 2. The number of aromatic amines is 1. The number of ether oxygens (including phenoxy) is 1. The fraction of sp³-hybridized carbons (Fsp3) is 0.150. The van der Waals surface area contributed by atoms with E-state index in [0.29, 0.717) is 33.6 Å². The quantitative estimate of drug-likeness (QED) is 0.444. The molecular weight excluding hydrogens is 399 g/mol. The molecule has 0 saturated heterocycles. The first-order chi connectivity index (χ1) is 13.5. The second-order valence-corrected chi connectivity index (χ2v) is 6.74. The highest BCUT2D eigenvalue weighted by molar-refractivity contribution is 6.36. The Labute approximate surface area is 172 Å². The minimum absolute atomic E-state index is 0.336. The minimum atomic E-state index is -0.400. The summed E-state index contributed by atoms with van der Waals surface area (Å²) in [5.41, 5.74) is 5.74. The van der Waals surface area contributed by atoms with Crippen LogP contribution in [0, 0.1) is 6.92 Å². The van der Waals surface area contributed by atoms with Gasteiger partial charge in [-0.1, -0.05) is 29.3 Å². The first-order valence-corrected chi connectivity index (χ1v) is 9.32. The predicted octanol–water partition coefficient (Wildman–Crippen LogP) is 4.85. The Morgan fingerprint density at radius 2 is 2.00 bits per heavy atom. The van der Waals surface area contributed by atoms with Gasteiger partial charge in [0.1, 0.15) is 11.4 Å². The molecule has 0 atom stereocenters. The highest BCUT2D eigenvalue weighted by atomic mass is 35.5. The summed E-state index contributed by atoms with van der Waals surface area (Å²) in [7, 11) is 0. The van der Waals surface area contributed by atoms with E-state index in [1.54, 1.807) is 18.2 Å². The van der Waals surface area contributed by atoms with E-state index in [0.717, 1.165) is 16.9 Å².